The highest BCUT2D eigenvalue weighted by Crippen LogP contribution is 2.49. The molecular formula is C46H29NO2. The fourth-order valence-corrected chi connectivity index (χ4v) is 7.45. The van der Waals surface area contributed by atoms with Crippen molar-refractivity contribution in [2.75, 3.05) is 4.90 Å². The minimum Gasteiger partial charge on any atom is -0.456 e. The molecule has 0 atom stereocenters. The van der Waals surface area contributed by atoms with E-state index >= 15 is 0 Å². The van der Waals surface area contributed by atoms with E-state index in [1.165, 1.54) is 0 Å². The molecule has 230 valence electrons. The molecule has 0 aliphatic heterocycles. The molecule has 0 amide bonds. The molecule has 3 nitrogen and oxygen atoms in total. The Balaban J connectivity index is 1.27. The summed E-state index contributed by atoms with van der Waals surface area (Å²) in [5, 5.41) is 6.68. The van der Waals surface area contributed by atoms with Crippen LogP contribution in [0.4, 0.5) is 17.1 Å². The van der Waals surface area contributed by atoms with Crippen LogP contribution >= 0.6 is 0 Å². The predicted octanol–water partition coefficient (Wildman–Crippen LogP) is 13.4. The standard InChI is InChI=1S/C46H29NO2/c1-2-13-30(14-3-1)33-16-6-9-20-39(33)47(41-22-12-24-43-45(41)38-28-25-31-15-4-5-18-35(31)46(38)49-43)40-21-10-7-17-34(40)32-26-27-37-36-19-8-11-23-42(36)48-44(37)29-32/h1-29H. The third-order valence-corrected chi connectivity index (χ3v) is 9.67. The third kappa shape index (κ3) is 4.37. The first kappa shape index (κ1) is 27.5. The zero-order valence-corrected chi connectivity index (χ0v) is 26.5. The highest BCUT2D eigenvalue weighted by Gasteiger charge is 2.24. The summed E-state index contributed by atoms with van der Waals surface area (Å²) >= 11 is 0. The van der Waals surface area contributed by atoms with Crippen LogP contribution in [0.15, 0.2) is 185 Å². The lowest BCUT2D eigenvalue weighted by Crippen LogP contribution is -2.12. The number of anilines is 3. The Hall–Kier alpha value is -6.58. The second kappa shape index (κ2) is 11.0. The Kier molecular flexibility index (Phi) is 6.18. The fourth-order valence-electron chi connectivity index (χ4n) is 7.45. The highest BCUT2D eigenvalue weighted by atomic mass is 16.3. The first-order chi connectivity index (χ1) is 24.3. The summed E-state index contributed by atoms with van der Waals surface area (Å²) in [6.45, 7) is 0. The second-order valence-corrected chi connectivity index (χ2v) is 12.5. The zero-order valence-electron chi connectivity index (χ0n) is 26.5. The van der Waals surface area contributed by atoms with Crippen molar-refractivity contribution in [1.29, 1.82) is 0 Å². The van der Waals surface area contributed by atoms with Gasteiger partial charge in [-0.25, -0.2) is 0 Å². The Labute approximate surface area is 282 Å². The van der Waals surface area contributed by atoms with Gasteiger partial charge in [-0.15, -0.1) is 0 Å². The molecule has 0 spiro atoms. The van der Waals surface area contributed by atoms with Gasteiger partial charge >= 0.3 is 0 Å². The predicted molar refractivity (Wildman–Crippen MR) is 204 cm³/mol. The van der Waals surface area contributed by atoms with Crippen LogP contribution in [-0.4, -0.2) is 0 Å². The van der Waals surface area contributed by atoms with Gasteiger partial charge in [0.25, 0.3) is 0 Å². The molecule has 3 heteroatoms. The number of fused-ring (bicyclic) bond motifs is 8. The van der Waals surface area contributed by atoms with Crippen LogP contribution in [0.2, 0.25) is 0 Å². The molecule has 2 heterocycles. The third-order valence-electron chi connectivity index (χ3n) is 9.67. The lowest BCUT2D eigenvalue weighted by molar-refractivity contribution is 0.669. The molecule has 10 aromatic rings. The molecule has 0 bridgehead atoms. The van der Waals surface area contributed by atoms with E-state index < -0.39 is 0 Å². The zero-order chi connectivity index (χ0) is 32.3. The van der Waals surface area contributed by atoms with Gasteiger partial charge in [0.05, 0.1) is 22.4 Å². The quantitative estimate of drug-likeness (QED) is 0.190. The van der Waals surface area contributed by atoms with Gasteiger partial charge in [-0.3, -0.25) is 0 Å². The normalized spacial score (nSPS) is 11.7. The SMILES string of the molecule is c1ccc(-c2ccccc2N(c2ccccc2-c2ccc3c(c2)oc2ccccc23)c2cccc3oc4c5ccccc5ccc4c23)cc1. The van der Waals surface area contributed by atoms with Crippen LogP contribution in [0.3, 0.4) is 0 Å². The number of hydrogen-bond donors (Lipinski definition) is 0. The number of nitrogens with zero attached hydrogens (tertiary/aromatic N) is 1. The number of rotatable bonds is 5. The number of furan rings is 2. The maximum Gasteiger partial charge on any atom is 0.143 e. The van der Waals surface area contributed by atoms with Gasteiger partial charge in [0.15, 0.2) is 0 Å². The molecule has 0 fully saturated rings. The lowest BCUT2D eigenvalue weighted by Gasteiger charge is -2.30. The molecule has 0 aliphatic carbocycles. The van der Waals surface area contributed by atoms with Crippen LogP contribution in [0, 0.1) is 0 Å². The number of benzene rings is 8. The molecule has 0 N–H and O–H groups in total. The van der Waals surface area contributed by atoms with Gasteiger partial charge < -0.3 is 13.7 Å². The Bertz CT molecular complexity index is 2840. The Morgan fingerprint density at radius 3 is 1.80 bits per heavy atom. The topological polar surface area (TPSA) is 29.5 Å². The second-order valence-electron chi connectivity index (χ2n) is 12.5. The van der Waals surface area contributed by atoms with E-state index in [9.17, 15) is 0 Å². The van der Waals surface area contributed by atoms with Crippen molar-refractivity contribution in [2.24, 2.45) is 0 Å². The van der Waals surface area contributed by atoms with E-state index in [1.54, 1.807) is 0 Å². The molecule has 8 aromatic carbocycles. The molecule has 0 unspecified atom stereocenters. The van der Waals surface area contributed by atoms with E-state index in [0.29, 0.717) is 0 Å². The van der Waals surface area contributed by atoms with E-state index in [-0.39, 0.29) is 0 Å². The van der Waals surface area contributed by atoms with Gasteiger partial charge in [-0.05, 0) is 65.0 Å². The first-order valence-corrected chi connectivity index (χ1v) is 16.6. The summed E-state index contributed by atoms with van der Waals surface area (Å²) in [6.07, 6.45) is 0. The van der Waals surface area contributed by atoms with Crippen LogP contribution in [0.5, 0.6) is 0 Å². The van der Waals surface area contributed by atoms with Crippen LogP contribution < -0.4 is 4.90 Å². The average molecular weight is 628 g/mol. The van der Waals surface area contributed by atoms with Gasteiger partial charge in [0.1, 0.15) is 22.3 Å². The van der Waals surface area contributed by atoms with Crippen molar-refractivity contribution < 1.29 is 8.83 Å². The van der Waals surface area contributed by atoms with Gasteiger partial charge in [0, 0.05) is 32.7 Å². The maximum absolute atomic E-state index is 6.70. The van der Waals surface area contributed by atoms with Crippen LogP contribution in [-0.2, 0) is 0 Å². The molecule has 0 saturated heterocycles. The van der Waals surface area contributed by atoms with Crippen LogP contribution in [0.1, 0.15) is 0 Å². The maximum atomic E-state index is 6.70. The summed E-state index contributed by atoms with van der Waals surface area (Å²) in [5.74, 6) is 0. The highest BCUT2D eigenvalue weighted by molar-refractivity contribution is 6.20. The summed E-state index contributed by atoms with van der Waals surface area (Å²) in [7, 11) is 0. The van der Waals surface area contributed by atoms with Gasteiger partial charge in [-0.1, -0.05) is 127 Å². The fraction of sp³-hybridized carbons (Fsp3) is 0. The minimum atomic E-state index is 0.854. The summed E-state index contributed by atoms with van der Waals surface area (Å²) < 4.78 is 13.1. The smallest absolute Gasteiger partial charge is 0.143 e. The molecule has 0 radical (unpaired) electrons. The molecule has 10 rings (SSSR count). The van der Waals surface area contributed by atoms with Gasteiger partial charge in [0.2, 0.25) is 0 Å². The Morgan fingerprint density at radius 1 is 0.347 bits per heavy atom. The van der Waals surface area contributed by atoms with Crippen molar-refractivity contribution in [1.82, 2.24) is 0 Å². The largest absolute Gasteiger partial charge is 0.456 e. The molecule has 2 aromatic heterocycles. The van der Waals surface area contributed by atoms with Crippen LogP contribution in [0.25, 0.3) is 76.9 Å². The summed E-state index contributed by atoms with van der Waals surface area (Å²) in [6, 6.07) is 62.0. The van der Waals surface area contributed by atoms with Crippen molar-refractivity contribution in [3.63, 3.8) is 0 Å². The van der Waals surface area contributed by atoms with E-state index in [4.69, 9.17) is 8.83 Å². The minimum absolute atomic E-state index is 0.854. The lowest BCUT2D eigenvalue weighted by atomic mass is 9.97. The Morgan fingerprint density at radius 2 is 0.959 bits per heavy atom. The first-order valence-electron chi connectivity index (χ1n) is 16.6. The average Bonchev–Trinajstić information content (AvgIpc) is 3.75. The molecule has 0 aliphatic rings. The summed E-state index contributed by atoms with van der Waals surface area (Å²) in [5.41, 5.74) is 11.2. The summed E-state index contributed by atoms with van der Waals surface area (Å²) in [4.78, 5) is 2.41. The van der Waals surface area contributed by atoms with Crippen molar-refractivity contribution in [3.05, 3.63) is 176 Å². The molecule has 49 heavy (non-hydrogen) atoms. The van der Waals surface area contributed by atoms with Gasteiger partial charge in [-0.2, -0.15) is 0 Å². The van der Waals surface area contributed by atoms with Crippen molar-refractivity contribution in [2.45, 2.75) is 0 Å². The number of para-hydroxylation sites is 3. The monoisotopic (exact) mass is 627 g/mol. The number of hydrogen-bond acceptors (Lipinski definition) is 3. The molecular weight excluding hydrogens is 599 g/mol. The van der Waals surface area contributed by atoms with E-state index in [1.807, 2.05) is 12.1 Å². The van der Waals surface area contributed by atoms with E-state index in [0.717, 1.165) is 94.0 Å². The van der Waals surface area contributed by atoms with Crippen molar-refractivity contribution >= 4 is 71.7 Å². The van der Waals surface area contributed by atoms with E-state index in [2.05, 4.69) is 169 Å². The van der Waals surface area contributed by atoms with Crippen molar-refractivity contribution in [3.8, 4) is 22.3 Å². The molecule has 0 saturated carbocycles.